The van der Waals surface area contributed by atoms with E-state index >= 15 is 0 Å². The van der Waals surface area contributed by atoms with E-state index in [4.69, 9.17) is 4.42 Å². The molecule has 1 heterocycles. The SMILES string of the molecule is O=S(=O)(c1ccccc1NCc1cnco1)C(F)F. The van der Waals surface area contributed by atoms with E-state index in [-0.39, 0.29) is 12.2 Å². The van der Waals surface area contributed by atoms with Gasteiger partial charge in [-0.2, -0.15) is 8.78 Å². The molecule has 0 aliphatic heterocycles. The van der Waals surface area contributed by atoms with Gasteiger partial charge in [-0.25, -0.2) is 13.4 Å². The zero-order valence-corrected chi connectivity index (χ0v) is 10.4. The number of halogens is 2. The van der Waals surface area contributed by atoms with Crippen LogP contribution in [0.1, 0.15) is 5.76 Å². The molecule has 1 N–H and O–H groups in total. The molecule has 8 heteroatoms. The summed E-state index contributed by atoms with van der Waals surface area (Å²) in [5, 5.41) is 2.73. The van der Waals surface area contributed by atoms with Gasteiger partial charge in [-0.05, 0) is 12.1 Å². The predicted molar refractivity (Wildman–Crippen MR) is 63.5 cm³/mol. The van der Waals surface area contributed by atoms with Crippen LogP contribution >= 0.6 is 0 Å². The molecule has 2 rings (SSSR count). The van der Waals surface area contributed by atoms with Gasteiger partial charge in [0, 0.05) is 0 Å². The lowest BCUT2D eigenvalue weighted by Crippen LogP contribution is -2.14. The molecule has 0 atom stereocenters. The van der Waals surface area contributed by atoms with Crippen LogP contribution < -0.4 is 5.32 Å². The van der Waals surface area contributed by atoms with Gasteiger partial charge < -0.3 is 9.73 Å². The molecule has 1 aromatic heterocycles. The average molecular weight is 288 g/mol. The van der Waals surface area contributed by atoms with Gasteiger partial charge in [0.2, 0.25) is 9.84 Å². The standard InChI is InChI=1S/C11H10F2N2O3S/c12-11(13)19(16,17)10-4-2-1-3-9(10)15-6-8-5-14-7-18-8/h1-5,7,11,15H,6H2. The first-order chi connectivity index (χ1) is 9.01. The fourth-order valence-corrected chi connectivity index (χ4v) is 2.38. The Kier molecular flexibility index (Phi) is 3.79. The second-order valence-corrected chi connectivity index (χ2v) is 5.51. The van der Waals surface area contributed by atoms with Gasteiger partial charge in [-0.1, -0.05) is 12.1 Å². The highest BCUT2D eigenvalue weighted by Crippen LogP contribution is 2.26. The van der Waals surface area contributed by atoms with E-state index in [9.17, 15) is 17.2 Å². The zero-order valence-electron chi connectivity index (χ0n) is 9.58. The lowest BCUT2D eigenvalue weighted by molar-refractivity contribution is 0.235. The molecule has 0 unspecified atom stereocenters. The Bertz CT molecular complexity index is 642. The Morgan fingerprint density at radius 3 is 2.68 bits per heavy atom. The highest BCUT2D eigenvalue weighted by Gasteiger charge is 2.28. The predicted octanol–water partition coefficient (Wildman–Crippen LogP) is 2.28. The molecule has 102 valence electrons. The topological polar surface area (TPSA) is 72.2 Å². The van der Waals surface area contributed by atoms with Crippen molar-refractivity contribution in [1.82, 2.24) is 4.98 Å². The molecule has 0 spiro atoms. The third-order valence-electron chi connectivity index (χ3n) is 2.36. The Morgan fingerprint density at radius 2 is 2.05 bits per heavy atom. The maximum atomic E-state index is 12.5. The van der Waals surface area contributed by atoms with Crippen LogP contribution in [0.3, 0.4) is 0 Å². The number of sulfone groups is 1. The first kappa shape index (κ1) is 13.5. The minimum absolute atomic E-state index is 0.0965. The van der Waals surface area contributed by atoms with E-state index in [0.717, 1.165) is 6.07 Å². The maximum Gasteiger partial charge on any atom is 0.341 e. The molecule has 0 bridgehead atoms. The monoisotopic (exact) mass is 288 g/mol. The van der Waals surface area contributed by atoms with E-state index in [1.807, 2.05) is 0 Å². The van der Waals surface area contributed by atoms with Crippen LogP contribution in [0.25, 0.3) is 0 Å². The summed E-state index contributed by atoms with van der Waals surface area (Å²) in [5.41, 5.74) is 0.0965. The van der Waals surface area contributed by atoms with Gasteiger partial charge in [-0.15, -0.1) is 0 Å². The number of oxazole rings is 1. The van der Waals surface area contributed by atoms with E-state index in [0.29, 0.717) is 5.76 Å². The van der Waals surface area contributed by atoms with Crippen LogP contribution in [-0.4, -0.2) is 19.2 Å². The fourth-order valence-electron chi connectivity index (χ4n) is 1.47. The van der Waals surface area contributed by atoms with E-state index in [1.165, 1.54) is 24.7 Å². The van der Waals surface area contributed by atoms with Gasteiger partial charge in [0.25, 0.3) is 0 Å². The van der Waals surface area contributed by atoms with Crippen molar-refractivity contribution >= 4 is 15.5 Å². The third-order valence-corrected chi connectivity index (χ3v) is 3.80. The minimum Gasteiger partial charge on any atom is -0.447 e. The van der Waals surface area contributed by atoms with Crippen LogP contribution in [0.5, 0.6) is 0 Å². The van der Waals surface area contributed by atoms with Crippen molar-refractivity contribution in [3.05, 3.63) is 42.6 Å². The molecule has 0 saturated carbocycles. The lowest BCUT2D eigenvalue weighted by atomic mass is 10.3. The van der Waals surface area contributed by atoms with Gasteiger partial charge >= 0.3 is 5.76 Å². The normalized spacial score (nSPS) is 11.7. The zero-order chi connectivity index (χ0) is 13.9. The molecule has 2 aromatic rings. The molecule has 1 aromatic carbocycles. The number of anilines is 1. The van der Waals surface area contributed by atoms with E-state index in [1.54, 1.807) is 6.07 Å². The fraction of sp³-hybridized carbons (Fsp3) is 0.182. The molecule has 0 aliphatic rings. The van der Waals surface area contributed by atoms with Crippen molar-refractivity contribution in [2.45, 2.75) is 17.2 Å². The number of hydrogen-bond donors (Lipinski definition) is 1. The van der Waals surface area contributed by atoms with Crippen molar-refractivity contribution in [3.63, 3.8) is 0 Å². The molecular weight excluding hydrogens is 278 g/mol. The summed E-state index contributed by atoms with van der Waals surface area (Å²) in [7, 11) is -4.64. The number of para-hydroxylation sites is 1. The van der Waals surface area contributed by atoms with Crippen LogP contribution in [0.4, 0.5) is 14.5 Å². The summed E-state index contributed by atoms with van der Waals surface area (Å²) in [4.78, 5) is 3.25. The van der Waals surface area contributed by atoms with Gasteiger partial charge in [0.05, 0.1) is 23.3 Å². The molecule has 19 heavy (non-hydrogen) atoms. The third kappa shape index (κ3) is 2.90. The summed E-state index contributed by atoms with van der Waals surface area (Å²) >= 11 is 0. The van der Waals surface area contributed by atoms with Crippen molar-refractivity contribution in [3.8, 4) is 0 Å². The van der Waals surface area contributed by atoms with Crippen LogP contribution in [0.2, 0.25) is 0 Å². The number of nitrogens with zero attached hydrogens (tertiary/aromatic N) is 1. The van der Waals surface area contributed by atoms with Crippen LogP contribution in [-0.2, 0) is 16.4 Å². The van der Waals surface area contributed by atoms with Gasteiger partial charge in [0.1, 0.15) is 5.76 Å². The van der Waals surface area contributed by atoms with E-state index < -0.39 is 20.5 Å². The van der Waals surface area contributed by atoms with Gasteiger partial charge in [0.15, 0.2) is 6.39 Å². The molecule has 0 aliphatic carbocycles. The number of nitrogens with one attached hydrogen (secondary N) is 1. The summed E-state index contributed by atoms with van der Waals surface area (Å²) in [6.07, 6.45) is 2.66. The van der Waals surface area contributed by atoms with Gasteiger partial charge in [-0.3, -0.25) is 0 Å². The quantitative estimate of drug-likeness (QED) is 0.913. The maximum absolute atomic E-state index is 12.5. The lowest BCUT2D eigenvalue weighted by Gasteiger charge is -2.10. The van der Waals surface area contributed by atoms with Crippen molar-refractivity contribution < 1.29 is 21.6 Å². The number of aromatic nitrogens is 1. The highest BCUT2D eigenvalue weighted by molar-refractivity contribution is 7.91. The molecular formula is C11H10F2N2O3S. The average Bonchev–Trinajstić information content (AvgIpc) is 2.89. The largest absolute Gasteiger partial charge is 0.447 e. The molecule has 5 nitrogen and oxygen atoms in total. The van der Waals surface area contributed by atoms with E-state index in [2.05, 4.69) is 10.3 Å². The molecule has 0 saturated heterocycles. The van der Waals surface area contributed by atoms with Crippen LogP contribution in [0.15, 0.2) is 46.2 Å². The first-order valence-electron chi connectivity index (χ1n) is 5.24. The highest BCUT2D eigenvalue weighted by atomic mass is 32.2. The Morgan fingerprint density at radius 1 is 1.32 bits per heavy atom. The summed E-state index contributed by atoms with van der Waals surface area (Å²) < 4.78 is 53.0. The summed E-state index contributed by atoms with van der Waals surface area (Å²) in [5.74, 6) is -3.00. The summed E-state index contributed by atoms with van der Waals surface area (Å²) in [6, 6.07) is 5.47. The smallest absolute Gasteiger partial charge is 0.341 e. The van der Waals surface area contributed by atoms with Crippen LogP contribution in [0, 0.1) is 0 Å². The number of benzene rings is 1. The first-order valence-corrected chi connectivity index (χ1v) is 6.79. The molecule has 0 amide bonds. The molecule has 0 fully saturated rings. The molecule has 0 radical (unpaired) electrons. The second kappa shape index (κ2) is 5.35. The summed E-state index contributed by atoms with van der Waals surface area (Å²) in [6.45, 7) is 0.149. The Hall–Kier alpha value is -1.96. The number of alkyl halides is 2. The number of hydrogen-bond acceptors (Lipinski definition) is 5. The number of rotatable bonds is 5. The van der Waals surface area contributed by atoms with Crippen molar-refractivity contribution in [2.24, 2.45) is 0 Å². The van der Waals surface area contributed by atoms with Crippen molar-refractivity contribution in [2.75, 3.05) is 5.32 Å². The Balaban J connectivity index is 2.27. The Labute approximate surface area is 108 Å². The minimum atomic E-state index is -4.64. The second-order valence-electron chi connectivity index (χ2n) is 3.62. The van der Waals surface area contributed by atoms with Crippen molar-refractivity contribution in [1.29, 1.82) is 0 Å².